The van der Waals surface area contributed by atoms with Gasteiger partial charge in [-0.15, -0.1) is 0 Å². The van der Waals surface area contributed by atoms with E-state index in [-0.39, 0.29) is 0 Å². The first kappa shape index (κ1) is 5.69. The van der Waals surface area contributed by atoms with Gasteiger partial charge in [0, 0.05) is 0 Å². The fourth-order valence-electron chi connectivity index (χ4n) is 2.14. The van der Waals surface area contributed by atoms with Crippen molar-refractivity contribution in [3.8, 4) is 0 Å². The Morgan fingerprint density at radius 3 is 2.22 bits per heavy atom. The zero-order valence-electron chi connectivity index (χ0n) is 6.01. The molecule has 2 atom stereocenters. The van der Waals surface area contributed by atoms with Gasteiger partial charge >= 0.3 is 0 Å². The molecule has 2 heteroatoms. The summed E-state index contributed by atoms with van der Waals surface area (Å²) in [5.74, 6) is 0. The Bertz CT molecular complexity index is 97.5. The maximum atomic E-state index is 2.56. The van der Waals surface area contributed by atoms with Crippen molar-refractivity contribution in [1.29, 1.82) is 0 Å². The normalized spacial score (nSPS) is 43.7. The zero-order chi connectivity index (χ0) is 6.27. The Morgan fingerprint density at radius 1 is 1.22 bits per heavy atom. The van der Waals surface area contributed by atoms with Crippen molar-refractivity contribution in [2.75, 3.05) is 20.1 Å². The summed E-state index contributed by atoms with van der Waals surface area (Å²) in [5, 5.41) is 2.46. The Kier molecular flexibility index (Phi) is 1.24. The molecule has 0 radical (unpaired) electrons. The minimum absolute atomic E-state index is 0.906. The molecule has 0 aliphatic carbocycles. The standard InChI is InChI=1S/C7H14N2/c1-9-6-2-3-7(9)5-8-4-6/h6-8H,2-5H2,1H3/p+1. The first-order valence-corrected chi connectivity index (χ1v) is 3.91. The Labute approximate surface area is 56.2 Å². The van der Waals surface area contributed by atoms with Gasteiger partial charge in [0.05, 0.1) is 25.2 Å². The molecule has 2 fully saturated rings. The largest absolute Gasteiger partial charge is 0.344 e. The van der Waals surface area contributed by atoms with Gasteiger partial charge in [0.25, 0.3) is 0 Å². The van der Waals surface area contributed by atoms with Crippen LogP contribution in [-0.2, 0) is 0 Å². The van der Waals surface area contributed by atoms with Crippen LogP contribution in [0.2, 0.25) is 0 Å². The van der Waals surface area contributed by atoms with Gasteiger partial charge in [-0.1, -0.05) is 0 Å². The summed E-state index contributed by atoms with van der Waals surface area (Å²) >= 11 is 0. The van der Waals surface area contributed by atoms with Crippen molar-refractivity contribution in [2.24, 2.45) is 0 Å². The highest BCUT2D eigenvalue weighted by Gasteiger charge is 2.35. The van der Waals surface area contributed by atoms with Crippen molar-refractivity contribution >= 4 is 0 Å². The smallest absolute Gasteiger partial charge is 0.0913 e. The van der Waals surface area contributed by atoms with E-state index in [1.807, 2.05) is 0 Å². The van der Waals surface area contributed by atoms with E-state index in [0.717, 1.165) is 12.1 Å². The molecule has 2 aliphatic rings. The molecule has 0 aromatic rings. The van der Waals surface area contributed by atoms with E-state index >= 15 is 0 Å². The fraction of sp³-hybridized carbons (Fsp3) is 1.00. The molecule has 0 spiro atoms. The van der Waals surface area contributed by atoms with E-state index < -0.39 is 0 Å². The minimum Gasteiger partial charge on any atom is -0.344 e. The maximum absolute atomic E-state index is 2.56. The number of hydrogen-bond donors (Lipinski definition) is 1. The first-order chi connectivity index (χ1) is 4.38. The highest BCUT2D eigenvalue weighted by molar-refractivity contribution is 4.86. The first-order valence-electron chi connectivity index (χ1n) is 3.91. The van der Waals surface area contributed by atoms with Crippen LogP contribution in [0.4, 0.5) is 0 Å². The lowest BCUT2D eigenvalue weighted by Gasteiger charge is -2.28. The molecule has 2 nitrogen and oxygen atoms in total. The van der Waals surface area contributed by atoms with Gasteiger partial charge in [-0.25, -0.2) is 0 Å². The Hall–Kier alpha value is -0.0800. The number of likely N-dealkylation sites (N-methyl/N-ethyl adjacent to an activating group) is 1. The summed E-state index contributed by atoms with van der Waals surface area (Å²) in [7, 11) is 2.27. The van der Waals surface area contributed by atoms with Crippen molar-refractivity contribution in [3.05, 3.63) is 0 Å². The van der Waals surface area contributed by atoms with Crippen LogP contribution in [0.1, 0.15) is 12.8 Å². The molecule has 0 aromatic heterocycles. The second-order valence-electron chi connectivity index (χ2n) is 3.31. The van der Waals surface area contributed by atoms with Gasteiger partial charge in [-0.3, -0.25) is 4.90 Å². The van der Waals surface area contributed by atoms with Crippen LogP contribution in [-0.4, -0.2) is 37.1 Å². The summed E-state index contributed by atoms with van der Waals surface area (Å²) in [4.78, 5) is 2.56. The number of rotatable bonds is 0. The molecule has 2 aliphatic heterocycles. The summed E-state index contributed by atoms with van der Waals surface area (Å²) in [5.41, 5.74) is 0. The lowest BCUT2D eigenvalue weighted by Crippen LogP contribution is -2.91. The lowest BCUT2D eigenvalue weighted by molar-refractivity contribution is -0.670. The van der Waals surface area contributed by atoms with Crippen LogP contribution in [0.25, 0.3) is 0 Å². The predicted octanol–water partition coefficient (Wildman–Crippen LogP) is -0.974. The highest BCUT2D eigenvalue weighted by Crippen LogP contribution is 2.21. The van der Waals surface area contributed by atoms with Gasteiger partial charge in [-0.05, 0) is 19.9 Å². The number of piperazine rings is 1. The molecule has 2 unspecified atom stereocenters. The molecular weight excluding hydrogens is 112 g/mol. The highest BCUT2D eigenvalue weighted by atomic mass is 15.2. The van der Waals surface area contributed by atoms with Gasteiger partial charge in [-0.2, -0.15) is 0 Å². The summed E-state index contributed by atoms with van der Waals surface area (Å²) in [6.45, 7) is 2.68. The topological polar surface area (TPSA) is 19.9 Å². The van der Waals surface area contributed by atoms with Crippen LogP contribution in [0.5, 0.6) is 0 Å². The van der Waals surface area contributed by atoms with Gasteiger partial charge in [0.15, 0.2) is 0 Å². The molecule has 2 heterocycles. The van der Waals surface area contributed by atoms with Crippen molar-refractivity contribution < 1.29 is 5.32 Å². The van der Waals surface area contributed by atoms with Gasteiger partial charge in [0.1, 0.15) is 0 Å². The van der Waals surface area contributed by atoms with Crippen LogP contribution >= 0.6 is 0 Å². The number of nitrogens with two attached hydrogens (primary N) is 1. The van der Waals surface area contributed by atoms with E-state index in [1.54, 1.807) is 0 Å². The Balaban J connectivity index is 2.10. The van der Waals surface area contributed by atoms with E-state index in [0.29, 0.717) is 0 Å². The summed E-state index contributed by atoms with van der Waals surface area (Å²) in [6, 6.07) is 1.81. The van der Waals surface area contributed by atoms with Crippen LogP contribution in [0.15, 0.2) is 0 Å². The van der Waals surface area contributed by atoms with Crippen LogP contribution in [0.3, 0.4) is 0 Å². The molecule has 0 aromatic carbocycles. The third kappa shape index (κ3) is 0.775. The number of fused-ring (bicyclic) bond motifs is 2. The molecule has 2 bridgehead atoms. The van der Waals surface area contributed by atoms with Crippen molar-refractivity contribution in [2.45, 2.75) is 24.9 Å². The summed E-state index contributed by atoms with van der Waals surface area (Å²) in [6.07, 6.45) is 2.88. The van der Waals surface area contributed by atoms with Crippen LogP contribution < -0.4 is 5.32 Å². The second kappa shape index (κ2) is 1.96. The third-order valence-corrected chi connectivity index (χ3v) is 2.86. The molecular formula is C7H15N2+. The second-order valence-corrected chi connectivity index (χ2v) is 3.31. The fourth-order valence-corrected chi connectivity index (χ4v) is 2.14. The van der Waals surface area contributed by atoms with E-state index in [9.17, 15) is 0 Å². The quantitative estimate of drug-likeness (QED) is 0.443. The number of hydrogen-bond acceptors (Lipinski definition) is 1. The molecule has 0 amide bonds. The van der Waals surface area contributed by atoms with Crippen molar-refractivity contribution in [1.82, 2.24) is 4.90 Å². The monoisotopic (exact) mass is 127 g/mol. The maximum Gasteiger partial charge on any atom is 0.0913 e. The van der Waals surface area contributed by atoms with Gasteiger partial charge in [0.2, 0.25) is 0 Å². The van der Waals surface area contributed by atoms with E-state index in [4.69, 9.17) is 0 Å². The lowest BCUT2D eigenvalue weighted by atomic mass is 10.2. The number of quaternary nitrogens is 1. The average molecular weight is 127 g/mol. The molecule has 9 heavy (non-hydrogen) atoms. The van der Waals surface area contributed by atoms with E-state index in [2.05, 4.69) is 17.3 Å². The third-order valence-electron chi connectivity index (χ3n) is 2.86. The zero-order valence-corrected chi connectivity index (χ0v) is 6.01. The van der Waals surface area contributed by atoms with Crippen molar-refractivity contribution in [3.63, 3.8) is 0 Å². The average Bonchev–Trinajstić information content (AvgIpc) is 2.19. The molecule has 52 valence electrons. The molecule has 2 N–H and O–H groups in total. The molecule has 2 saturated heterocycles. The molecule has 2 rings (SSSR count). The summed E-state index contributed by atoms with van der Waals surface area (Å²) < 4.78 is 0. The van der Waals surface area contributed by atoms with Gasteiger partial charge < -0.3 is 5.32 Å². The minimum atomic E-state index is 0.906. The molecule has 0 saturated carbocycles. The van der Waals surface area contributed by atoms with E-state index in [1.165, 1.54) is 25.9 Å². The van der Waals surface area contributed by atoms with Crippen LogP contribution in [0, 0.1) is 0 Å². The SMILES string of the molecule is CN1C2CCC1C[NH2+]C2. The number of nitrogens with zero attached hydrogens (tertiary/aromatic N) is 1. The predicted molar refractivity (Wildman–Crippen MR) is 36.2 cm³/mol. The Morgan fingerprint density at radius 2 is 1.78 bits per heavy atom.